The molecule has 0 saturated carbocycles. The van der Waals surface area contributed by atoms with E-state index < -0.39 is 17.8 Å². The number of carbonyl (C=O) groups excluding carboxylic acids is 2. The molecule has 0 aliphatic heterocycles. The van der Waals surface area contributed by atoms with Crippen molar-refractivity contribution in [3.8, 4) is 0 Å². The van der Waals surface area contributed by atoms with Gasteiger partial charge in [-0.05, 0) is 37.3 Å². The van der Waals surface area contributed by atoms with Crippen molar-refractivity contribution in [3.05, 3.63) is 69.7 Å². The van der Waals surface area contributed by atoms with Crippen LogP contribution in [-0.2, 0) is 11.8 Å². The van der Waals surface area contributed by atoms with E-state index in [0.717, 1.165) is 0 Å². The summed E-state index contributed by atoms with van der Waals surface area (Å²) in [5.41, 5.74) is 0.406. The maximum atomic E-state index is 13.8. The Morgan fingerprint density at radius 3 is 2.65 bits per heavy atom. The topological polar surface area (TPSA) is 88.9 Å². The molecule has 7 nitrogen and oxygen atoms in total. The van der Waals surface area contributed by atoms with Crippen LogP contribution in [0.1, 0.15) is 29.1 Å². The van der Waals surface area contributed by atoms with Gasteiger partial charge in [-0.15, -0.1) is 10.2 Å². The highest BCUT2D eigenvalue weighted by molar-refractivity contribution is 7.99. The summed E-state index contributed by atoms with van der Waals surface area (Å²) in [6.45, 7) is 1.71. The van der Waals surface area contributed by atoms with Gasteiger partial charge in [0, 0.05) is 12.1 Å². The number of halogens is 3. The van der Waals surface area contributed by atoms with Crippen molar-refractivity contribution in [2.45, 2.75) is 18.1 Å². The highest BCUT2D eigenvalue weighted by Gasteiger charge is 2.20. The lowest BCUT2D eigenvalue weighted by molar-refractivity contribution is -0.113. The molecule has 1 atom stereocenters. The normalized spacial score (nSPS) is 11.8. The van der Waals surface area contributed by atoms with Gasteiger partial charge in [-0.25, -0.2) is 4.39 Å². The molecule has 162 valence electrons. The second-order valence-corrected chi connectivity index (χ2v) is 8.32. The summed E-state index contributed by atoms with van der Waals surface area (Å²) in [5, 5.41) is 14.9. The summed E-state index contributed by atoms with van der Waals surface area (Å²) < 4.78 is 15.5. The third-order valence-electron chi connectivity index (χ3n) is 4.26. The van der Waals surface area contributed by atoms with Crippen LogP contribution in [0.4, 0.5) is 10.1 Å². The molecule has 2 N–H and O–H groups in total. The highest BCUT2D eigenvalue weighted by Crippen LogP contribution is 2.26. The van der Waals surface area contributed by atoms with Gasteiger partial charge in [-0.3, -0.25) is 9.59 Å². The minimum atomic E-state index is -0.604. The van der Waals surface area contributed by atoms with Crippen molar-refractivity contribution in [2.24, 2.45) is 7.05 Å². The van der Waals surface area contributed by atoms with Crippen molar-refractivity contribution in [1.82, 2.24) is 20.1 Å². The minimum Gasteiger partial charge on any atom is -0.342 e. The molecule has 0 aliphatic rings. The minimum absolute atomic E-state index is 0.0522. The van der Waals surface area contributed by atoms with Crippen LogP contribution in [0.15, 0.2) is 47.6 Å². The van der Waals surface area contributed by atoms with Gasteiger partial charge in [0.2, 0.25) is 5.91 Å². The molecule has 3 rings (SSSR count). The van der Waals surface area contributed by atoms with E-state index in [9.17, 15) is 14.0 Å². The molecule has 0 bridgehead atoms. The van der Waals surface area contributed by atoms with E-state index >= 15 is 0 Å². The van der Waals surface area contributed by atoms with Gasteiger partial charge in [0.05, 0.1) is 28.1 Å². The zero-order valence-corrected chi connectivity index (χ0v) is 18.9. The number of nitrogens with zero attached hydrogens (tertiary/aromatic N) is 3. The van der Waals surface area contributed by atoms with Crippen LogP contribution in [0, 0.1) is 5.82 Å². The van der Waals surface area contributed by atoms with Crippen LogP contribution in [0.2, 0.25) is 10.0 Å². The van der Waals surface area contributed by atoms with Crippen molar-refractivity contribution >= 4 is 52.5 Å². The molecule has 0 spiro atoms. The Bertz CT molecular complexity index is 1120. The summed E-state index contributed by atoms with van der Waals surface area (Å²) >= 11 is 13.1. The standard InChI is InChI=1S/C20H18Cl2FN5O2S/c1-11(24-19(30)13-5-3-4-6-15(13)23)18-26-27-20(28(18)2)31-10-17(29)25-16-8-7-12(21)9-14(16)22/h3-9,11H,10H2,1-2H3,(H,24,30)(H,25,29). The van der Waals surface area contributed by atoms with Crippen molar-refractivity contribution in [1.29, 1.82) is 0 Å². The summed E-state index contributed by atoms with van der Waals surface area (Å²) in [6, 6.07) is 9.98. The predicted octanol–water partition coefficient (Wildman–Crippen LogP) is 4.48. The average Bonchev–Trinajstić information content (AvgIpc) is 3.09. The van der Waals surface area contributed by atoms with Crippen molar-refractivity contribution in [2.75, 3.05) is 11.1 Å². The Kier molecular flexibility index (Phi) is 7.53. The van der Waals surface area contributed by atoms with Gasteiger partial charge < -0.3 is 15.2 Å². The quantitative estimate of drug-likeness (QED) is 0.485. The summed E-state index contributed by atoms with van der Waals surface area (Å²) in [5.74, 6) is -0.899. The van der Waals surface area contributed by atoms with E-state index in [0.29, 0.717) is 26.7 Å². The van der Waals surface area contributed by atoms with Gasteiger partial charge in [-0.1, -0.05) is 47.1 Å². The third kappa shape index (κ3) is 5.75. The fourth-order valence-corrected chi connectivity index (χ4v) is 3.89. The fraction of sp³-hybridized carbons (Fsp3) is 0.200. The second kappa shape index (κ2) is 10.1. The lowest BCUT2D eigenvalue weighted by atomic mass is 10.2. The molecular formula is C20H18Cl2FN5O2S. The molecule has 1 aromatic heterocycles. The van der Waals surface area contributed by atoms with E-state index in [2.05, 4.69) is 20.8 Å². The van der Waals surface area contributed by atoms with Crippen LogP contribution < -0.4 is 10.6 Å². The molecule has 11 heteroatoms. The molecule has 1 heterocycles. The van der Waals surface area contributed by atoms with Crippen LogP contribution in [0.5, 0.6) is 0 Å². The maximum Gasteiger partial charge on any atom is 0.254 e. The smallest absolute Gasteiger partial charge is 0.254 e. The number of carbonyl (C=O) groups is 2. The van der Waals surface area contributed by atoms with Gasteiger partial charge in [0.25, 0.3) is 5.91 Å². The predicted molar refractivity (Wildman–Crippen MR) is 119 cm³/mol. The monoisotopic (exact) mass is 481 g/mol. The zero-order valence-electron chi connectivity index (χ0n) is 16.5. The Morgan fingerprint density at radius 2 is 1.94 bits per heavy atom. The Hall–Kier alpha value is -2.62. The first-order chi connectivity index (χ1) is 14.8. The summed E-state index contributed by atoms with van der Waals surface area (Å²) in [7, 11) is 1.72. The van der Waals surface area contributed by atoms with E-state index in [1.165, 1.54) is 36.0 Å². The molecule has 0 fully saturated rings. The number of benzene rings is 2. The fourth-order valence-electron chi connectivity index (χ4n) is 2.72. The number of hydrogen-bond acceptors (Lipinski definition) is 5. The first-order valence-corrected chi connectivity index (χ1v) is 10.8. The number of hydrogen-bond donors (Lipinski definition) is 2. The van der Waals surface area contributed by atoms with E-state index in [-0.39, 0.29) is 17.2 Å². The molecule has 31 heavy (non-hydrogen) atoms. The number of amides is 2. The molecule has 0 radical (unpaired) electrons. The number of aromatic nitrogens is 3. The number of rotatable bonds is 7. The van der Waals surface area contributed by atoms with Crippen LogP contribution >= 0.6 is 35.0 Å². The molecule has 0 saturated heterocycles. The highest BCUT2D eigenvalue weighted by atomic mass is 35.5. The third-order valence-corrected chi connectivity index (χ3v) is 5.83. The Labute approximate surface area is 192 Å². The first-order valence-electron chi connectivity index (χ1n) is 9.08. The number of anilines is 1. The molecule has 2 amide bonds. The van der Waals surface area contributed by atoms with Gasteiger partial charge in [0.15, 0.2) is 11.0 Å². The van der Waals surface area contributed by atoms with Crippen LogP contribution in [0.25, 0.3) is 0 Å². The van der Waals surface area contributed by atoms with Gasteiger partial charge in [0.1, 0.15) is 5.82 Å². The largest absolute Gasteiger partial charge is 0.342 e. The van der Waals surface area contributed by atoms with Crippen molar-refractivity contribution < 1.29 is 14.0 Å². The van der Waals surface area contributed by atoms with E-state index in [4.69, 9.17) is 23.2 Å². The van der Waals surface area contributed by atoms with Crippen LogP contribution in [-0.4, -0.2) is 32.3 Å². The van der Waals surface area contributed by atoms with Crippen molar-refractivity contribution in [3.63, 3.8) is 0 Å². The lowest BCUT2D eigenvalue weighted by Crippen LogP contribution is -2.29. The molecule has 3 aromatic rings. The molecule has 0 aliphatic carbocycles. The maximum absolute atomic E-state index is 13.8. The molecular weight excluding hydrogens is 464 g/mol. The lowest BCUT2D eigenvalue weighted by Gasteiger charge is -2.14. The Morgan fingerprint density at radius 1 is 1.19 bits per heavy atom. The Balaban J connectivity index is 1.59. The summed E-state index contributed by atoms with van der Waals surface area (Å²) in [6.07, 6.45) is 0. The SMILES string of the molecule is CC(NC(=O)c1ccccc1F)c1nnc(SCC(=O)Nc2ccc(Cl)cc2Cl)n1C. The average molecular weight is 482 g/mol. The van der Waals surface area contributed by atoms with Gasteiger partial charge >= 0.3 is 0 Å². The summed E-state index contributed by atoms with van der Waals surface area (Å²) in [4.78, 5) is 24.6. The second-order valence-electron chi connectivity index (χ2n) is 6.54. The zero-order chi connectivity index (χ0) is 22.5. The molecule has 2 aromatic carbocycles. The van der Waals surface area contributed by atoms with Crippen LogP contribution in [0.3, 0.4) is 0 Å². The van der Waals surface area contributed by atoms with Gasteiger partial charge in [-0.2, -0.15) is 0 Å². The number of nitrogens with one attached hydrogen (secondary N) is 2. The molecule has 1 unspecified atom stereocenters. The number of thioether (sulfide) groups is 1. The van der Waals surface area contributed by atoms with E-state index in [1.807, 2.05) is 0 Å². The van der Waals surface area contributed by atoms with E-state index in [1.54, 1.807) is 36.7 Å². The first kappa shape index (κ1) is 23.1.